The molecule has 2 rings (SSSR count). The number of halogens is 2. The number of aliphatic hydroxyl groups excluding tert-OH is 1. The van der Waals surface area contributed by atoms with Gasteiger partial charge in [0, 0.05) is 14.2 Å². The van der Waals surface area contributed by atoms with Crippen LogP contribution in [0.1, 0.15) is 17.2 Å². The molecule has 16 heavy (non-hydrogen) atoms. The van der Waals surface area contributed by atoms with Crippen molar-refractivity contribution >= 4 is 34.2 Å². The zero-order valence-electron chi connectivity index (χ0n) is 8.40. The van der Waals surface area contributed by atoms with Crippen LogP contribution in [0.5, 0.6) is 0 Å². The summed E-state index contributed by atoms with van der Waals surface area (Å²) < 4.78 is 1.15. The lowest BCUT2D eigenvalue weighted by Gasteiger charge is -2.12. The third-order valence-electron chi connectivity index (χ3n) is 2.39. The number of hydrogen-bond donors (Lipinski definition) is 1. The Kier molecular flexibility index (Phi) is 3.84. The van der Waals surface area contributed by atoms with Crippen LogP contribution in [-0.2, 0) is 0 Å². The van der Waals surface area contributed by atoms with Crippen molar-refractivity contribution in [1.82, 2.24) is 0 Å². The Hall–Kier alpha value is -0.580. The highest BCUT2D eigenvalue weighted by atomic mass is 127. The van der Waals surface area contributed by atoms with Gasteiger partial charge in [-0.2, -0.15) is 0 Å². The second-order valence-corrected chi connectivity index (χ2v) is 5.13. The summed E-state index contributed by atoms with van der Waals surface area (Å²) in [5.74, 6) is 0. The average molecular weight is 345 g/mol. The summed E-state index contributed by atoms with van der Waals surface area (Å²) in [6.45, 7) is 0. The quantitative estimate of drug-likeness (QED) is 0.816. The molecule has 0 radical (unpaired) electrons. The van der Waals surface area contributed by atoms with Crippen LogP contribution in [0.4, 0.5) is 0 Å². The molecular formula is C13H10ClIO. The van der Waals surface area contributed by atoms with Gasteiger partial charge in [0.15, 0.2) is 0 Å². The summed E-state index contributed by atoms with van der Waals surface area (Å²) in [5, 5.41) is 10.8. The van der Waals surface area contributed by atoms with Gasteiger partial charge in [-0.3, -0.25) is 0 Å². The van der Waals surface area contributed by atoms with Gasteiger partial charge in [0.2, 0.25) is 0 Å². The summed E-state index contributed by atoms with van der Waals surface area (Å²) in [5.41, 5.74) is 1.60. The van der Waals surface area contributed by atoms with E-state index in [2.05, 4.69) is 22.6 Å². The van der Waals surface area contributed by atoms with Crippen LogP contribution in [0.2, 0.25) is 5.02 Å². The van der Waals surface area contributed by atoms with Gasteiger partial charge < -0.3 is 5.11 Å². The lowest BCUT2D eigenvalue weighted by atomic mass is 10.0. The smallest absolute Gasteiger partial charge is 0.105 e. The molecule has 82 valence electrons. The third kappa shape index (κ3) is 2.56. The second kappa shape index (κ2) is 5.17. The third-order valence-corrected chi connectivity index (χ3v) is 3.45. The van der Waals surface area contributed by atoms with Gasteiger partial charge in [0.1, 0.15) is 6.10 Å². The molecule has 1 nitrogen and oxygen atoms in total. The first kappa shape index (κ1) is 11.9. The zero-order valence-corrected chi connectivity index (χ0v) is 11.3. The van der Waals surface area contributed by atoms with Gasteiger partial charge in [-0.25, -0.2) is 0 Å². The normalized spacial score (nSPS) is 12.4. The first-order chi connectivity index (χ1) is 7.68. The molecule has 2 aromatic carbocycles. The first-order valence-electron chi connectivity index (χ1n) is 4.86. The highest BCUT2D eigenvalue weighted by Gasteiger charge is 2.12. The highest BCUT2D eigenvalue weighted by molar-refractivity contribution is 14.1. The minimum Gasteiger partial charge on any atom is -0.384 e. The summed E-state index contributed by atoms with van der Waals surface area (Å²) >= 11 is 8.27. The molecular weight excluding hydrogens is 334 g/mol. The van der Waals surface area contributed by atoms with Crippen LogP contribution >= 0.6 is 34.2 Å². The van der Waals surface area contributed by atoms with Crippen LogP contribution in [0.15, 0.2) is 48.5 Å². The Labute approximate surface area is 113 Å². The van der Waals surface area contributed by atoms with Crippen molar-refractivity contribution in [2.45, 2.75) is 6.10 Å². The molecule has 2 aromatic rings. The largest absolute Gasteiger partial charge is 0.384 e. The zero-order chi connectivity index (χ0) is 11.5. The van der Waals surface area contributed by atoms with Crippen molar-refractivity contribution in [3.63, 3.8) is 0 Å². The van der Waals surface area contributed by atoms with E-state index in [1.165, 1.54) is 0 Å². The van der Waals surface area contributed by atoms with E-state index in [9.17, 15) is 5.11 Å². The number of hydrogen-bond acceptors (Lipinski definition) is 1. The van der Waals surface area contributed by atoms with E-state index in [1.54, 1.807) is 6.07 Å². The summed E-state index contributed by atoms with van der Waals surface area (Å²) in [6, 6.07) is 15.1. The Morgan fingerprint density at radius 2 is 1.62 bits per heavy atom. The monoisotopic (exact) mass is 344 g/mol. The highest BCUT2D eigenvalue weighted by Crippen LogP contribution is 2.28. The van der Waals surface area contributed by atoms with Gasteiger partial charge >= 0.3 is 0 Å². The van der Waals surface area contributed by atoms with Gasteiger partial charge in [-0.05, 0) is 46.4 Å². The molecule has 0 heterocycles. The van der Waals surface area contributed by atoms with E-state index in [1.807, 2.05) is 42.5 Å². The van der Waals surface area contributed by atoms with Crippen LogP contribution in [0.25, 0.3) is 0 Å². The fourth-order valence-corrected chi connectivity index (χ4v) is 2.12. The minimum atomic E-state index is -0.661. The van der Waals surface area contributed by atoms with Crippen LogP contribution in [0, 0.1) is 3.57 Å². The maximum atomic E-state index is 10.2. The van der Waals surface area contributed by atoms with Gasteiger partial charge in [0.25, 0.3) is 0 Å². The molecule has 0 spiro atoms. The lowest BCUT2D eigenvalue weighted by molar-refractivity contribution is 0.220. The molecule has 0 bridgehead atoms. The van der Waals surface area contributed by atoms with Crippen molar-refractivity contribution in [3.8, 4) is 0 Å². The maximum absolute atomic E-state index is 10.2. The van der Waals surface area contributed by atoms with E-state index in [0.29, 0.717) is 5.02 Å². The fourth-order valence-electron chi connectivity index (χ4n) is 1.52. The molecule has 1 atom stereocenters. The van der Waals surface area contributed by atoms with E-state index < -0.39 is 6.10 Å². The molecule has 0 aliphatic carbocycles. The molecule has 0 aromatic heterocycles. The molecule has 0 aliphatic heterocycles. The van der Waals surface area contributed by atoms with Crippen LogP contribution in [0.3, 0.4) is 0 Å². The first-order valence-corrected chi connectivity index (χ1v) is 6.32. The van der Waals surface area contributed by atoms with E-state index >= 15 is 0 Å². The van der Waals surface area contributed by atoms with Crippen molar-refractivity contribution < 1.29 is 5.11 Å². The van der Waals surface area contributed by atoms with Crippen LogP contribution < -0.4 is 0 Å². The van der Waals surface area contributed by atoms with Gasteiger partial charge in [-0.1, -0.05) is 41.9 Å². The average Bonchev–Trinajstić information content (AvgIpc) is 2.30. The SMILES string of the molecule is OC(c1ccc(I)cc1)c1ccccc1Cl. The van der Waals surface area contributed by atoms with Crippen molar-refractivity contribution in [1.29, 1.82) is 0 Å². The van der Waals surface area contributed by atoms with E-state index in [4.69, 9.17) is 11.6 Å². The Morgan fingerprint density at radius 1 is 1.00 bits per heavy atom. The second-order valence-electron chi connectivity index (χ2n) is 3.48. The summed E-state index contributed by atoms with van der Waals surface area (Å²) in [4.78, 5) is 0. The van der Waals surface area contributed by atoms with E-state index in [-0.39, 0.29) is 0 Å². The van der Waals surface area contributed by atoms with Crippen molar-refractivity contribution in [3.05, 3.63) is 68.3 Å². The number of benzene rings is 2. The predicted molar refractivity (Wildman–Crippen MR) is 74.7 cm³/mol. The molecule has 1 N–H and O–H groups in total. The standard InChI is InChI=1S/C13H10ClIO/c14-12-4-2-1-3-11(12)13(16)9-5-7-10(15)8-6-9/h1-8,13,16H. The molecule has 1 unspecified atom stereocenters. The molecule has 0 saturated heterocycles. The molecule has 3 heteroatoms. The van der Waals surface area contributed by atoms with Crippen molar-refractivity contribution in [2.75, 3.05) is 0 Å². The Bertz CT molecular complexity index is 482. The molecule has 0 saturated carbocycles. The Balaban J connectivity index is 2.35. The summed E-state index contributed by atoms with van der Waals surface area (Å²) in [6.07, 6.45) is -0.661. The molecule has 0 aliphatic rings. The molecule has 0 fully saturated rings. The number of rotatable bonds is 2. The van der Waals surface area contributed by atoms with Gasteiger partial charge in [-0.15, -0.1) is 0 Å². The maximum Gasteiger partial charge on any atom is 0.105 e. The topological polar surface area (TPSA) is 20.2 Å². The van der Waals surface area contributed by atoms with Crippen molar-refractivity contribution in [2.24, 2.45) is 0 Å². The summed E-state index contributed by atoms with van der Waals surface area (Å²) in [7, 11) is 0. The number of aliphatic hydroxyl groups is 1. The Morgan fingerprint density at radius 3 is 2.25 bits per heavy atom. The van der Waals surface area contributed by atoms with Gasteiger partial charge in [0.05, 0.1) is 0 Å². The van der Waals surface area contributed by atoms with E-state index in [0.717, 1.165) is 14.7 Å². The predicted octanol–water partition coefficient (Wildman–Crippen LogP) is 4.03. The molecule has 0 amide bonds. The fraction of sp³-hybridized carbons (Fsp3) is 0.0769. The van der Waals surface area contributed by atoms with Crippen LogP contribution in [-0.4, -0.2) is 5.11 Å². The lowest BCUT2D eigenvalue weighted by Crippen LogP contribution is -2.00. The minimum absolute atomic E-state index is 0.591.